The van der Waals surface area contributed by atoms with Crippen molar-refractivity contribution in [3.05, 3.63) is 59.7 Å². The highest BCUT2D eigenvalue weighted by atomic mass is 32.2. The van der Waals surface area contributed by atoms with Gasteiger partial charge in [0.05, 0.1) is 24.6 Å². The number of sulfonamides is 1. The second kappa shape index (κ2) is 8.57. The number of nitrogens with zero attached hydrogens (tertiary/aromatic N) is 3. The Kier molecular flexibility index (Phi) is 6.12. The van der Waals surface area contributed by atoms with E-state index >= 15 is 0 Å². The third-order valence-electron chi connectivity index (χ3n) is 4.14. The highest BCUT2D eigenvalue weighted by molar-refractivity contribution is 7.88. The highest BCUT2D eigenvalue weighted by Gasteiger charge is 2.32. The normalized spacial score (nSPS) is 15.8. The van der Waals surface area contributed by atoms with Gasteiger partial charge in [-0.1, -0.05) is 18.2 Å². The first-order valence-electron chi connectivity index (χ1n) is 8.62. The molecule has 1 saturated heterocycles. The zero-order valence-corrected chi connectivity index (χ0v) is 17.2. The van der Waals surface area contributed by atoms with Crippen molar-refractivity contribution in [2.24, 2.45) is 0 Å². The molecule has 2 aromatic rings. The molecule has 0 radical (unpaired) electrons. The first-order chi connectivity index (χ1) is 13.8. The number of hydrogen-bond acceptors (Lipinski definition) is 6. The molecule has 29 heavy (non-hydrogen) atoms. The van der Waals surface area contributed by atoms with Crippen LogP contribution in [-0.2, 0) is 21.4 Å². The summed E-state index contributed by atoms with van der Waals surface area (Å²) in [5.41, 5.74) is 0.907. The van der Waals surface area contributed by atoms with E-state index in [1.807, 2.05) is 24.3 Å². The van der Waals surface area contributed by atoms with E-state index in [2.05, 4.69) is 5.32 Å². The van der Waals surface area contributed by atoms with Crippen LogP contribution < -0.4 is 10.2 Å². The molecule has 10 heteroatoms. The average molecular weight is 431 g/mol. The van der Waals surface area contributed by atoms with Crippen LogP contribution in [0.15, 0.2) is 52.6 Å². The molecule has 0 aliphatic carbocycles. The van der Waals surface area contributed by atoms with E-state index in [4.69, 9.17) is 21.9 Å². The number of carbonyl (C=O) groups is 1. The number of thiocarbonyl (C=S) groups is 1. The summed E-state index contributed by atoms with van der Waals surface area (Å²) in [6, 6.07) is 14.2. The number of furan rings is 1. The molecule has 1 aliphatic rings. The molecular weight excluding hydrogens is 412 g/mol. The molecule has 1 aliphatic heterocycles. The molecular formula is C19H18N4O4S2. The summed E-state index contributed by atoms with van der Waals surface area (Å²) in [5.74, 6) is 0.460. The van der Waals surface area contributed by atoms with Crippen molar-refractivity contribution in [1.29, 1.82) is 5.26 Å². The van der Waals surface area contributed by atoms with Gasteiger partial charge in [-0.2, -0.15) is 9.57 Å². The largest absolute Gasteiger partial charge is 0.460 e. The lowest BCUT2D eigenvalue weighted by atomic mass is 10.3. The minimum atomic E-state index is -3.49. The second-order valence-electron chi connectivity index (χ2n) is 6.27. The maximum absolute atomic E-state index is 12.7. The zero-order valence-electron chi connectivity index (χ0n) is 15.5. The van der Waals surface area contributed by atoms with Crippen molar-refractivity contribution in [2.45, 2.75) is 13.0 Å². The second-order valence-corrected chi connectivity index (χ2v) is 8.64. The van der Waals surface area contributed by atoms with Gasteiger partial charge in [0, 0.05) is 19.0 Å². The van der Waals surface area contributed by atoms with E-state index in [-0.39, 0.29) is 36.2 Å². The van der Waals surface area contributed by atoms with Crippen LogP contribution in [0.25, 0.3) is 6.08 Å². The van der Waals surface area contributed by atoms with Crippen LogP contribution in [0.4, 0.5) is 5.69 Å². The standard InChI is InChI=1S/C19H18N4O4S2/c1-29(25,26)22(11-5-10-20)13-16-9-8-15(27-16)12-17-18(24)23(19(28)21-17)14-6-3-2-4-7-14/h2-4,6-9,12H,5,11,13H2,1H3,(H,21,28)/b17-12-. The molecule has 0 bridgehead atoms. The Morgan fingerprint density at radius 3 is 2.66 bits per heavy atom. The molecule has 1 aromatic heterocycles. The lowest BCUT2D eigenvalue weighted by Crippen LogP contribution is -2.30. The summed E-state index contributed by atoms with van der Waals surface area (Å²) in [6.07, 6.45) is 2.67. The molecule has 0 atom stereocenters. The molecule has 3 rings (SSSR count). The fourth-order valence-corrected chi connectivity index (χ4v) is 3.84. The van der Waals surface area contributed by atoms with E-state index < -0.39 is 10.0 Å². The number of hydrogen-bond donors (Lipinski definition) is 1. The van der Waals surface area contributed by atoms with Gasteiger partial charge in [0.2, 0.25) is 10.0 Å². The Hall–Kier alpha value is -3.00. The summed E-state index contributed by atoms with van der Waals surface area (Å²) < 4.78 is 30.6. The fraction of sp³-hybridized carbons (Fsp3) is 0.211. The van der Waals surface area contributed by atoms with Gasteiger partial charge < -0.3 is 9.73 Å². The molecule has 8 nitrogen and oxygen atoms in total. The molecule has 1 N–H and O–H groups in total. The molecule has 150 valence electrons. The van der Waals surface area contributed by atoms with Gasteiger partial charge in [-0.05, 0) is 36.5 Å². The molecule has 0 saturated carbocycles. The van der Waals surface area contributed by atoms with Crippen LogP contribution in [0.3, 0.4) is 0 Å². The van der Waals surface area contributed by atoms with Crippen LogP contribution >= 0.6 is 12.2 Å². The molecule has 1 aromatic carbocycles. The van der Waals surface area contributed by atoms with E-state index in [0.717, 1.165) is 10.6 Å². The van der Waals surface area contributed by atoms with E-state index in [1.165, 1.54) is 11.0 Å². The van der Waals surface area contributed by atoms with Crippen LogP contribution in [0.2, 0.25) is 0 Å². The monoisotopic (exact) mass is 430 g/mol. The van der Waals surface area contributed by atoms with Gasteiger partial charge in [0.25, 0.3) is 5.91 Å². The van der Waals surface area contributed by atoms with Crippen LogP contribution in [0, 0.1) is 11.3 Å². The van der Waals surface area contributed by atoms with Gasteiger partial charge in [0.15, 0.2) is 5.11 Å². The maximum atomic E-state index is 12.7. The minimum absolute atomic E-state index is 0.000383. The number of anilines is 1. The Labute approximate surface area is 174 Å². The van der Waals surface area contributed by atoms with E-state index in [9.17, 15) is 13.2 Å². The summed E-state index contributed by atoms with van der Waals surface area (Å²) in [5, 5.41) is 11.8. The van der Waals surface area contributed by atoms with Crippen LogP contribution in [0.5, 0.6) is 0 Å². The quantitative estimate of drug-likeness (QED) is 0.530. The van der Waals surface area contributed by atoms with Crippen molar-refractivity contribution >= 4 is 45.0 Å². The minimum Gasteiger partial charge on any atom is -0.460 e. The first-order valence-corrected chi connectivity index (χ1v) is 10.9. The highest BCUT2D eigenvalue weighted by Crippen LogP contribution is 2.23. The lowest BCUT2D eigenvalue weighted by molar-refractivity contribution is -0.113. The summed E-state index contributed by atoms with van der Waals surface area (Å²) in [4.78, 5) is 14.1. The number of nitriles is 1. The van der Waals surface area contributed by atoms with Crippen LogP contribution in [0.1, 0.15) is 17.9 Å². The van der Waals surface area contributed by atoms with Gasteiger partial charge in [-0.25, -0.2) is 8.42 Å². The summed E-state index contributed by atoms with van der Waals surface area (Å²) in [6.45, 7) is 0.0758. The van der Waals surface area contributed by atoms with Crippen molar-refractivity contribution in [1.82, 2.24) is 9.62 Å². The molecule has 0 unspecified atom stereocenters. The summed E-state index contributed by atoms with van der Waals surface area (Å²) >= 11 is 5.26. The Bertz CT molecular complexity index is 1100. The number of para-hydroxylation sites is 1. The number of benzene rings is 1. The smallest absolute Gasteiger partial charge is 0.281 e. The van der Waals surface area contributed by atoms with E-state index in [0.29, 0.717) is 17.2 Å². The topological polar surface area (TPSA) is 107 Å². The predicted molar refractivity (Wildman–Crippen MR) is 112 cm³/mol. The van der Waals surface area contributed by atoms with Crippen molar-refractivity contribution in [3.8, 4) is 6.07 Å². The van der Waals surface area contributed by atoms with Crippen molar-refractivity contribution in [3.63, 3.8) is 0 Å². The molecule has 2 heterocycles. The van der Waals surface area contributed by atoms with Gasteiger partial charge in [-0.15, -0.1) is 0 Å². The Morgan fingerprint density at radius 2 is 2.00 bits per heavy atom. The first kappa shape index (κ1) is 20.7. The Balaban J connectivity index is 1.77. The molecule has 0 spiro atoms. The number of nitrogens with one attached hydrogen (secondary N) is 1. The lowest BCUT2D eigenvalue weighted by Gasteiger charge is -2.16. The van der Waals surface area contributed by atoms with Crippen molar-refractivity contribution < 1.29 is 17.6 Å². The van der Waals surface area contributed by atoms with Gasteiger partial charge in [-0.3, -0.25) is 9.69 Å². The van der Waals surface area contributed by atoms with Crippen molar-refractivity contribution in [2.75, 3.05) is 17.7 Å². The number of rotatable bonds is 7. The van der Waals surface area contributed by atoms with E-state index in [1.54, 1.807) is 24.3 Å². The summed E-state index contributed by atoms with van der Waals surface area (Å²) in [7, 11) is -3.49. The average Bonchev–Trinajstić information content (AvgIpc) is 3.22. The third-order valence-corrected chi connectivity index (χ3v) is 5.67. The maximum Gasteiger partial charge on any atom is 0.281 e. The third kappa shape index (κ3) is 4.89. The number of carbonyl (C=O) groups excluding carboxylic acids is 1. The number of amides is 1. The van der Waals surface area contributed by atoms with Gasteiger partial charge >= 0.3 is 0 Å². The van der Waals surface area contributed by atoms with Crippen LogP contribution in [-0.4, -0.2) is 36.5 Å². The van der Waals surface area contributed by atoms with Gasteiger partial charge in [0.1, 0.15) is 17.2 Å². The molecule has 1 fully saturated rings. The SMILES string of the molecule is CS(=O)(=O)N(CCC#N)Cc1ccc(/C=C2\NC(=S)N(c3ccccc3)C2=O)o1. The molecule has 1 amide bonds. The zero-order chi connectivity index (χ0) is 21.0. The predicted octanol–water partition coefficient (Wildman–Crippen LogP) is 2.22. The fourth-order valence-electron chi connectivity index (χ4n) is 2.76. The Morgan fingerprint density at radius 1 is 1.28 bits per heavy atom.